The van der Waals surface area contributed by atoms with Gasteiger partial charge in [-0.3, -0.25) is 0 Å². The molecule has 2 amide bonds. The van der Waals surface area contributed by atoms with E-state index in [2.05, 4.69) is 9.67 Å². The van der Waals surface area contributed by atoms with Crippen LogP contribution in [0.5, 0.6) is 5.75 Å². The van der Waals surface area contributed by atoms with E-state index < -0.39 is 18.2 Å². The van der Waals surface area contributed by atoms with E-state index in [0.29, 0.717) is 24.8 Å². The lowest BCUT2D eigenvalue weighted by molar-refractivity contribution is -0.168. The van der Waals surface area contributed by atoms with Crippen LogP contribution >= 0.6 is 0 Å². The monoisotopic (exact) mass is 478 g/mol. The van der Waals surface area contributed by atoms with Crippen LogP contribution in [0.3, 0.4) is 0 Å². The maximum absolute atomic E-state index is 12.1. The first kappa shape index (κ1) is 23.0. The number of carbonyl (C=O) groups is 2. The van der Waals surface area contributed by atoms with Crippen LogP contribution in [-0.4, -0.2) is 38.1 Å². The summed E-state index contributed by atoms with van der Waals surface area (Å²) in [4.78, 5) is 29.2. The Morgan fingerprint density at radius 1 is 1.03 bits per heavy atom. The molecule has 4 N–H and O–H groups in total. The molecule has 10 heteroatoms. The molecule has 10 nitrogen and oxygen atoms in total. The third-order valence-corrected chi connectivity index (χ3v) is 6.51. The molecule has 0 saturated heterocycles. The van der Waals surface area contributed by atoms with E-state index in [-0.39, 0.29) is 5.41 Å². The number of ether oxygens (including phenoxy) is 1. The molecular weight excluding hydrogens is 448 g/mol. The number of carbonyl (C=O) groups excluding carboxylic acids is 2. The van der Waals surface area contributed by atoms with Gasteiger partial charge >= 0.3 is 12.2 Å². The van der Waals surface area contributed by atoms with Crippen LogP contribution in [0.25, 0.3) is 16.8 Å². The highest BCUT2D eigenvalue weighted by atomic mass is 16.7. The highest BCUT2D eigenvalue weighted by molar-refractivity contribution is 5.81. The highest BCUT2D eigenvalue weighted by Crippen LogP contribution is 2.55. The summed E-state index contributed by atoms with van der Waals surface area (Å²) < 4.78 is 9.75. The fourth-order valence-electron chi connectivity index (χ4n) is 5.13. The zero-order valence-corrected chi connectivity index (χ0v) is 20.1. The highest BCUT2D eigenvalue weighted by Gasteiger charge is 2.46. The molecule has 5 rings (SSSR count). The second kappa shape index (κ2) is 8.46. The van der Waals surface area contributed by atoms with Gasteiger partial charge in [0, 0.05) is 36.1 Å². The summed E-state index contributed by atoms with van der Waals surface area (Å²) in [6.07, 6.45) is 3.94. The van der Waals surface area contributed by atoms with E-state index in [1.807, 2.05) is 57.3 Å². The number of nitrogens with two attached hydrogens (primary N) is 2. The summed E-state index contributed by atoms with van der Waals surface area (Å²) in [6.45, 7) is 7.14. The summed E-state index contributed by atoms with van der Waals surface area (Å²) in [5, 5.41) is 5.88. The standard InChI is InChI=1S/C25H30N6O4/c1-25(2,3)22-20-21(34-23(26)32)18(15-7-9-17(10-8-15)30-12-4-11-28-30)19(16-5-6-16)29(20)13-14-31(22)35-24(27)33/h4,7-12,16,22H,5-6,13-14H2,1-3H3,(H2,26,32)(H2,27,33). The van der Waals surface area contributed by atoms with Crippen molar-refractivity contribution in [1.82, 2.24) is 19.4 Å². The fraction of sp³-hybridized carbons (Fsp3) is 0.400. The third-order valence-electron chi connectivity index (χ3n) is 6.51. The Hall–Kier alpha value is -3.79. The van der Waals surface area contributed by atoms with Crippen LogP contribution in [0.4, 0.5) is 9.59 Å². The van der Waals surface area contributed by atoms with Gasteiger partial charge in [-0.2, -0.15) is 5.10 Å². The van der Waals surface area contributed by atoms with Crippen LogP contribution in [0.1, 0.15) is 57.0 Å². The van der Waals surface area contributed by atoms with Crippen molar-refractivity contribution in [1.29, 1.82) is 0 Å². The van der Waals surface area contributed by atoms with E-state index in [1.165, 1.54) is 0 Å². The van der Waals surface area contributed by atoms with Crippen molar-refractivity contribution in [3.8, 4) is 22.6 Å². The average Bonchev–Trinajstić information content (AvgIpc) is 3.36. The lowest BCUT2D eigenvalue weighted by Gasteiger charge is -2.42. The van der Waals surface area contributed by atoms with E-state index in [4.69, 9.17) is 21.0 Å². The molecule has 0 radical (unpaired) electrons. The molecule has 0 spiro atoms. The lowest BCUT2D eigenvalue weighted by Crippen LogP contribution is -2.46. The number of hydroxylamine groups is 2. The predicted molar refractivity (Wildman–Crippen MR) is 129 cm³/mol. The van der Waals surface area contributed by atoms with E-state index in [0.717, 1.165) is 41.0 Å². The van der Waals surface area contributed by atoms with Crippen LogP contribution in [0.15, 0.2) is 42.7 Å². The molecule has 3 heterocycles. The van der Waals surface area contributed by atoms with Crippen molar-refractivity contribution < 1.29 is 19.2 Å². The number of amides is 2. The zero-order chi connectivity index (χ0) is 24.9. The Morgan fingerprint density at radius 3 is 2.29 bits per heavy atom. The second-order valence-corrected chi connectivity index (χ2v) is 10.1. The molecule has 2 aliphatic rings. The number of rotatable bonds is 5. The number of aromatic nitrogens is 3. The number of hydrogen-bond acceptors (Lipinski definition) is 6. The van der Waals surface area contributed by atoms with Crippen molar-refractivity contribution in [2.75, 3.05) is 6.54 Å². The molecule has 1 aliphatic carbocycles. The second-order valence-electron chi connectivity index (χ2n) is 10.1. The Kier molecular flexibility index (Phi) is 5.55. The van der Waals surface area contributed by atoms with E-state index in [9.17, 15) is 9.59 Å². The largest absolute Gasteiger partial charge is 0.423 e. The molecule has 1 atom stereocenters. The summed E-state index contributed by atoms with van der Waals surface area (Å²) >= 11 is 0. The van der Waals surface area contributed by atoms with Crippen molar-refractivity contribution in [2.45, 2.75) is 52.1 Å². The Bertz CT molecular complexity index is 1250. The van der Waals surface area contributed by atoms with Crippen LogP contribution in [-0.2, 0) is 11.4 Å². The Morgan fingerprint density at radius 2 is 1.74 bits per heavy atom. The van der Waals surface area contributed by atoms with E-state index >= 15 is 0 Å². The van der Waals surface area contributed by atoms with Gasteiger partial charge in [0.25, 0.3) is 0 Å². The number of hydrogen-bond donors (Lipinski definition) is 2. The van der Waals surface area contributed by atoms with Crippen molar-refractivity contribution >= 4 is 12.2 Å². The van der Waals surface area contributed by atoms with Crippen LogP contribution in [0.2, 0.25) is 0 Å². The van der Waals surface area contributed by atoms with Gasteiger partial charge in [0.2, 0.25) is 0 Å². The maximum atomic E-state index is 12.1. The number of fused-ring (bicyclic) bond motifs is 1. The van der Waals surface area contributed by atoms with Gasteiger partial charge in [0.05, 0.1) is 24.0 Å². The minimum absolute atomic E-state index is 0.351. The van der Waals surface area contributed by atoms with Gasteiger partial charge in [-0.15, -0.1) is 5.06 Å². The molecule has 3 aromatic rings. The van der Waals surface area contributed by atoms with Gasteiger partial charge in [-0.25, -0.2) is 14.3 Å². The molecule has 1 fully saturated rings. The molecule has 1 saturated carbocycles. The molecule has 1 unspecified atom stereocenters. The van der Waals surface area contributed by atoms with Gasteiger partial charge in [-0.1, -0.05) is 32.9 Å². The molecule has 2 aromatic heterocycles. The summed E-state index contributed by atoms with van der Waals surface area (Å²) in [5.41, 5.74) is 15.1. The van der Waals surface area contributed by atoms with Crippen molar-refractivity contribution in [3.63, 3.8) is 0 Å². The van der Waals surface area contributed by atoms with Crippen LogP contribution < -0.4 is 16.2 Å². The first-order chi connectivity index (χ1) is 16.6. The molecule has 1 aromatic carbocycles. The summed E-state index contributed by atoms with van der Waals surface area (Å²) in [6, 6.07) is 9.42. The molecule has 35 heavy (non-hydrogen) atoms. The normalized spacial score (nSPS) is 18.2. The topological polar surface area (TPSA) is 131 Å². The smallest absolute Gasteiger partial charge is 0.408 e. The van der Waals surface area contributed by atoms with Crippen LogP contribution in [0, 0.1) is 5.41 Å². The first-order valence-corrected chi connectivity index (χ1v) is 11.7. The third kappa shape index (κ3) is 4.25. The minimum atomic E-state index is -0.893. The van der Waals surface area contributed by atoms with Gasteiger partial charge < -0.3 is 25.6 Å². The average molecular weight is 479 g/mol. The quantitative estimate of drug-likeness (QED) is 0.568. The van der Waals surface area contributed by atoms with E-state index in [1.54, 1.807) is 15.9 Å². The number of primary amides is 2. The molecule has 0 bridgehead atoms. The fourth-order valence-corrected chi connectivity index (χ4v) is 5.13. The molecule has 184 valence electrons. The number of benzene rings is 1. The van der Waals surface area contributed by atoms with Crippen molar-refractivity contribution in [3.05, 3.63) is 54.1 Å². The van der Waals surface area contributed by atoms with Gasteiger partial charge in [0.15, 0.2) is 5.75 Å². The first-order valence-electron chi connectivity index (χ1n) is 11.7. The number of nitrogens with zero attached hydrogens (tertiary/aromatic N) is 4. The maximum Gasteiger partial charge on any atom is 0.423 e. The molecular formula is C25H30N6O4. The minimum Gasteiger partial charge on any atom is -0.408 e. The molecule has 1 aliphatic heterocycles. The predicted octanol–water partition coefficient (Wildman–Crippen LogP) is 4.09. The summed E-state index contributed by atoms with van der Waals surface area (Å²) in [5.74, 6) is 0.757. The zero-order valence-electron chi connectivity index (χ0n) is 20.1. The van der Waals surface area contributed by atoms with Crippen molar-refractivity contribution in [2.24, 2.45) is 16.9 Å². The van der Waals surface area contributed by atoms with Gasteiger partial charge in [-0.05, 0) is 42.0 Å². The Labute approximate surface area is 203 Å². The SMILES string of the molecule is CC(C)(C)C1c2c(OC(N)=O)c(-c3ccc(-n4cccn4)cc3)c(C3CC3)n2CCN1OC(N)=O. The Balaban J connectivity index is 1.72. The lowest BCUT2D eigenvalue weighted by atomic mass is 9.83. The summed E-state index contributed by atoms with van der Waals surface area (Å²) in [7, 11) is 0. The van der Waals surface area contributed by atoms with Gasteiger partial charge in [0.1, 0.15) is 0 Å².